The topological polar surface area (TPSA) is 17.8 Å². The standard InChI is InChI=1S/C17H29ClN2/c1-5-20-12-14(11-19-20)10-17(13-18)8-6-15(7-9-17)16(2,3)4/h11-12,15H,5-10,13H2,1-4H3. The number of nitrogens with zero attached hydrogens (tertiary/aromatic N) is 2. The third-order valence-corrected chi connectivity index (χ3v) is 5.71. The largest absolute Gasteiger partial charge is 0.273 e. The van der Waals surface area contributed by atoms with Crippen LogP contribution in [0.25, 0.3) is 0 Å². The minimum absolute atomic E-state index is 0.297. The van der Waals surface area contributed by atoms with Gasteiger partial charge < -0.3 is 0 Å². The Morgan fingerprint density at radius 3 is 2.45 bits per heavy atom. The predicted molar refractivity (Wildman–Crippen MR) is 86.2 cm³/mol. The highest BCUT2D eigenvalue weighted by atomic mass is 35.5. The monoisotopic (exact) mass is 296 g/mol. The van der Waals surface area contributed by atoms with E-state index in [0.717, 1.165) is 24.8 Å². The molecule has 0 bridgehead atoms. The van der Waals surface area contributed by atoms with Gasteiger partial charge in [-0.25, -0.2) is 0 Å². The van der Waals surface area contributed by atoms with Crippen LogP contribution in [-0.4, -0.2) is 15.7 Å². The van der Waals surface area contributed by atoms with Crippen molar-refractivity contribution in [3.05, 3.63) is 18.0 Å². The van der Waals surface area contributed by atoms with E-state index in [1.807, 2.05) is 10.9 Å². The summed E-state index contributed by atoms with van der Waals surface area (Å²) in [5, 5.41) is 4.39. The van der Waals surface area contributed by atoms with Crippen molar-refractivity contribution in [2.24, 2.45) is 16.7 Å². The molecule has 0 radical (unpaired) electrons. The fourth-order valence-corrected chi connectivity index (χ4v) is 3.92. The lowest BCUT2D eigenvalue weighted by Gasteiger charge is -2.43. The zero-order chi connectivity index (χ0) is 14.8. The summed E-state index contributed by atoms with van der Waals surface area (Å²) >= 11 is 6.36. The number of hydrogen-bond donors (Lipinski definition) is 0. The Kier molecular flexibility index (Phi) is 4.84. The second kappa shape index (κ2) is 6.09. The first-order valence-electron chi connectivity index (χ1n) is 7.96. The number of aromatic nitrogens is 2. The summed E-state index contributed by atoms with van der Waals surface area (Å²) in [5.74, 6) is 1.62. The van der Waals surface area contributed by atoms with Crippen molar-refractivity contribution in [2.45, 2.75) is 66.3 Å². The van der Waals surface area contributed by atoms with Crippen LogP contribution in [0.2, 0.25) is 0 Å². The van der Waals surface area contributed by atoms with Crippen molar-refractivity contribution in [3.63, 3.8) is 0 Å². The SMILES string of the molecule is CCn1cc(CC2(CCl)CCC(C(C)(C)C)CC2)cn1. The van der Waals surface area contributed by atoms with Crippen LogP contribution < -0.4 is 0 Å². The molecule has 1 saturated carbocycles. The van der Waals surface area contributed by atoms with Gasteiger partial charge in [-0.15, -0.1) is 11.6 Å². The van der Waals surface area contributed by atoms with E-state index in [1.54, 1.807) is 0 Å². The maximum Gasteiger partial charge on any atom is 0.0521 e. The fraction of sp³-hybridized carbons (Fsp3) is 0.824. The predicted octanol–water partition coefficient (Wildman–Crippen LogP) is 4.91. The minimum Gasteiger partial charge on any atom is -0.273 e. The highest BCUT2D eigenvalue weighted by Crippen LogP contribution is 2.47. The highest BCUT2D eigenvalue weighted by molar-refractivity contribution is 6.18. The van der Waals surface area contributed by atoms with E-state index in [1.165, 1.54) is 31.2 Å². The zero-order valence-electron chi connectivity index (χ0n) is 13.5. The van der Waals surface area contributed by atoms with Gasteiger partial charge in [0.25, 0.3) is 0 Å². The first kappa shape index (κ1) is 15.9. The molecule has 20 heavy (non-hydrogen) atoms. The molecule has 2 nitrogen and oxygen atoms in total. The normalized spacial score (nSPS) is 27.8. The molecule has 0 aliphatic heterocycles. The van der Waals surface area contributed by atoms with Gasteiger partial charge in [0, 0.05) is 18.6 Å². The van der Waals surface area contributed by atoms with Gasteiger partial charge in [-0.1, -0.05) is 20.8 Å². The molecule has 1 heterocycles. The number of alkyl halides is 1. The molecule has 1 aromatic rings. The maximum absolute atomic E-state index is 6.36. The van der Waals surface area contributed by atoms with E-state index in [4.69, 9.17) is 11.6 Å². The molecule has 0 spiro atoms. The highest BCUT2D eigenvalue weighted by Gasteiger charge is 2.38. The molecule has 0 saturated heterocycles. The van der Waals surface area contributed by atoms with Crippen LogP contribution in [0.4, 0.5) is 0 Å². The first-order chi connectivity index (χ1) is 9.38. The van der Waals surface area contributed by atoms with Gasteiger partial charge in [0.1, 0.15) is 0 Å². The minimum atomic E-state index is 0.297. The van der Waals surface area contributed by atoms with Gasteiger partial charge in [-0.05, 0) is 61.3 Å². The van der Waals surface area contributed by atoms with Crippen LogP contribution in [0.5, 0.6) is 0 Å². The van der Waals surface area contributed by atoms with Gasteiger partial charge in [0.2, 0.25) is 0 Å². The summed E-state index contributed by atoms with van der Waals surface area (Å²) < 4.78 is 2.01. The average Bonchev–Trinajstić information content (AvgIpc) is 2.85. The molecular formula is C17H29ClN2. The van der Waals surface area contributed by atoms with Crippen molar-refractivity contribution in [3.8, 4) is 0 Å². The molecule has 2 rings (SSSR count). The second-order valence-corrected chi connectivity index (χ2v) is 7.92. The van der Waals surface area contributed by atoms with Gasteiger partial charge in [0.05, 0.1) is 6.20 Å². The van der Waals surface area contributed by atoms with Crippen molar-refractivity contribution in [1.29, 1.82) is 0 Å². The summed E-state index contributed by atoms with van der Waals surface area (Å²) in [6.45, 7) is 10.2. The van der Waals surface area contributed by atoms with E-state index in [9.17, 15) is 0 Å². The van der Waals surface area contributed by atoms with Crippen molar-refractivity contribution in [1.82, 2.24) is 9.78 Å². The van der Waals surface area contributed by atoms with E-state index in [-0.39, 0.29) is 0 Å². The summed E-state index contributed by atoms with van der Waals surface area (Å²) in [6, 6.07) is 0. The number of halogens is 1. The molecular weight excluding hydrogens is 268 g/mol. The Balaban J connectivity index is 2.01. The quantitative estimate of drug-likeness (QED) is 0.722. The zero-order valence-corrected chi connectivity index (χ0v) is 14.2. The maximum atomic E-state index is 6.36. The Morgan fingerprint density at radius 2 is 2.00 bits per heavy atom. The Hall–Kier alpha value is -0.500. The first-order valence-corrected chi connectivity index (χ1v) is 8.49. The molecule has 0 unspecified atom stereocenters. The molecule has 0 atom stereocenters. The third-order valence-electron chi connectivity index (χ3n) is 5.14. The Morgan fingerprint density at radius 1 is 1.35 bits per heavy atom. The van der Waals surface area contributed by atoms with Crippen LogP contribution in [0.1, 0.15) is 58.9 Å². The van der Waals surface area contributed by atoms with Crippen LogP contribution in [0.3, 0.4) is 0 Å². The van der Waals surface area contributed by atoms with Crippen molar-refractivity contribution < 1.29 is 0 Å². The molecule has 1 fully saturated rings. The molecule has 1 aromatic heterocycles. The number of rotatable bonds is 4. The van der Waals surface area contributed by atoms with Crippen molar-refractivity contribution >= 4 is 11.6 Å². The van der Waals surface area contributed by atoms with E-state index < -0.39 is 0 Å². The third kappa shape index (κ3) is 3.58. The molecule has 0 N–H and O–H groups in total. The Labute approximate surface area is 128 Å². The molecule has 0 aromatic carbocycles. The van der Waals surface area contributed by atoms with Gasteiger partial charge >= 0.3 is 0 Å². The number of aryl methyl sites for hydroxylation is 1. The van der Waals surface area contributed by atoms with Crippen LogP contribution >= 0.6 is 11.6 Å². The van der Waals surface area contributed by atoms with E-state index >= 15 is 0 Å². The molecule has 0 amide bonds. The van der Waals surface area contributed by atoms with Gasteiger partial charge in [-0.2, -0.15) is 5.10 Å². The van der Waals surface area contributed by atoms with Crippen LogP contribution in [-0.2, 0) is 13.0 Å². The molecule has 1 aliphatic rings. The summed E-state index contributed by atoms with van der Waals surface area (Å²) in [7, 11) is 0. The molecule has 3 heteroatoms. The lowest BCUT2D eigenvalue weighted by atomic mass is 9.63. The lowest BCUT2D eigenvalue weighted by molar-refractivity contribution is 0.102. The summed E-state index contributed by atoms with van der Waals surface area (Å²) in [6.07, 6.45) is 10.5. The lowest BCUT2D eigenvalue weighted by Crippen LogP contribution is -2.35. The molecule has 114 valence electrons. The Bertz CT molecular complexity index is 422. The smallest absolute Gasteiger partial charge is 0.0521 e. The van der Waals surface area contributed by atoms with E-state index in [0.29, 0.717) is 10.8 Å². The van der Waals surface area contributed by atoms with E-state index in [2.05, 4.69) is 39.0 Å². The van der Waals surface area contributed by atoms with Gasteiger partial charge in [-0.3, -0.25) is 4.68 Å². The summed E-state index contributed by atoms with van der Waals surface area (Å²) in [5.41, 5.74) is 2.08. The average molecular weight is 297 g/mol. The van der Waals surface area contributed by atoms with Crippen LogP contribution in [0.15, 0.2) is 12.4 Å². The second-order valence-electron chi connectivity index (χ2n) is 7.65. The van der Waals surface area contributed by atoms with Crippen molar-refractivity contribution in [2.75, 3.05) is 5.88 Å². The number of hydrogen-bond acceptors (Lipinski definition) is 1. The fourth-order valence-electron chi connectivity index (χ4n) is 3.56. The van der Waals surface area contributed by atoms with Gasteiger partial charge in [0.15, 0.2) is 0 Å². The summed E-state index contributed by atoms with van der Waals surface area (Å²) in [4.78, 5) is 0. The van der Waals surface area contributed by atoms with Crippen LogP contribution in [0, 0.1) is 16.7 Å². The molecule has 1 aliphatic carbocycles.